The van der Waals surface area contributed by atoms with E-state index in [-0.39, 0.29) is 48.1 Å². The number of aliphatic hydroxyl groups is 1. The van der Waals surface area contributed by atoms with E-state index in [1.54, 1.807) is 14.2 Å². The van der Waals surface area contributed by atoms with Crippen LogP contribution in [0, 0.1) is 5.92 Å². The second kappa shape index (κ2) is 19.3. The van der Waals surface area contributed by atoms with E-state index >= 15 is 0 Å². The highest BCUT2D eigenvalue weighted by Gasteiger charge is 2.52. The molecule has 0 radical (unpaired) electrons. The van der Waals surface area contributed by atoms with Gasteiger partial charge >= 0.3 is 0 Å². The first-order chi connectivity index (χ1) is 27.8. The monoisotopic (exact) mass is 810 g/mol. The Bertz CT molecular complexity index is 1720. The zero-order chi connectivity index (χ0) is 41.4. The summed E-state index contributed by atoms with van der Waals surface area (Å²) in [5.41, 5.74) is 3.26. The Morgan fingerprint density at radius 2 is 1.26 bits per heavy atom. The van der Waals surface area contributed by atoms with Crippen LogP contribution < -0.4 is 4.74 Å². The average molecular weight is 811 g/mol. The highest BCUT2D eigenvalue weighted by Crippen LogP contribution is 2.47. The van der Waals surface area contributed by atoms with Crippen LogP contribution in [-0.4, -0.2) is 77.2 Å². The zero-order valence-corrected chi connectivity index (χ0v) is 36.9. The third-order valence-corrected chi connectivity index (χ3v) is 17.1. The maximum Gasteiger partial charge on any atom is 0.192 e. The van der Waals surface area contributed by atoms with E-state index in [0.29, 0.717) is 45.3 Å². The highest BCUT2D eigenvalue weighted by atomic mass is 28.4. The van der Waals surface area contributed by atoms with E-state index < -0.39 is 19.7 Å². The summed E-state index contributed by atoms with van der Waals surface area (Å²) < 4.78 is 47.1. The standard InChI is InChI=1S/C49H66O8Si/c1-36(33-50)46(53-34-37-24-26-41(51-5)27-25-37)30-42-28-43(52-6)31-48(55-42)32-44(57-58(7,8)47(2,3)4)29-45(56-48)35-54-49(38-18-12-9-13-19-38,39-20-14-10-15-21-39)40-22-16-11-17-23-40/h9-27,36,42-46,50H,28-35H2,1-8H3/t36-,42-,43-,44-,45+,46+,48+/m0/s1. The van der Waals surface area contributed by atoms with Gasteiger partial charge in [-0.15, -0.1) is 0 Å². The van der Waals surface area contributed by atoms with Gasteiger partial charge in [-0.3, -0.25) is 0 Å². The quantitative estimate of drug-likeness (QED) is 0.0834. The van der Waals surface area contributed by atoms with Crippen LogP contribution in [-0.2, 0) is 40.3 Å². The van der Waals surface area contributed by atoms with E-state index in [2.05, 4.69) is 107 Å². The number of ether oxygens (including phenoxy) is 6. The van der Waals surface area contributed by atoms with Crippen LogP contribution in [0.1, 0.15) is 82.1 Å². The number of aliphatic hydroxyl groups excluding tert-OH is 1. The van der Waals surface area contributed by atoms with Crippen molar-refractivity contribution in [3.05, 3.63) is 138 Å². The van der Waals surface area contributed by atoms with Crippen molar-refractivity contribution in [1.29, 1.82) is 0 Å². The SMILES string of the molecule is COc1ccc(CO[C@H](C[C@@H]2C[C@H](OC)C[C@@]3(C[C@@H](O[Si](C)(C)C(C)(C)C)C[C@H](COC(c4ccccc4)(c4ccccc4)c4ccccc4)O3)O2)[C@@H](C)CO)cc1. The lowest BCUT2D eigenvalue weighted by Crippen LogP contribution is -2.58. The normalized spacial score (nSPS) is 24.0. The third-order valence-electron chi connectivity index (χ3n) is 12.6. The third kappa shape index (κ3) is 10.5. The molecular weight excluding hydrogens is 745 g/mol. The molecule has 4 aromatic rings. The molecule has 0 saturated carbocycles. The van der Waals surface area contributed by atoms with Crippen LogP contribution in [0.3, 0.4) is 0 Å². The molecule has 9 heteroatoms. The summed E-state index contributed by atoms with van der Waals surface area (Å²) >= 11 is 0. The van der Waals surface area contributed by atoms with Gasteiger partial charge in [-0.25, -0.2) is 0 Å². The lowest BCUT2D eigenvalue weighted by molar-refractivity contribution is -0.346. The molecule has 58 heavy (non-hydrogen) atoms. The topological polar surface area (TPSA) is 84.8 Å². The van der Waals surface area contributed by atoms with Crippen LogP contribution >= 0.6 is 0 Å². The average Bonchev–Trinajstić information content (AvgIpc) is 3.22. The van der Waals surface area contributed by atoms with Crippen molar-refractivity contribution in [2.75, 3.05) is 27.4 Å². The van der Waals surface area contributed by atoms with Crippen molar-refractivity contribution in [2.24, 2.45) is 5.92 Å². The van der Waals surface area contributed by atoms with E-state index in [4.69, 9.17) is 32.8 Å². The van der Waals surface area contributed by atoms with Crippen LogP contribution in [0.25, 0.3) is 0 Å². The van der Waals surface area contributed by atoms with Crippen LogP contribution in [0.15, 0.2) is 115 Å². The second-order valence-electron chi connectivity index (χ2n) is 17.8. The molecule has 7 atom stereocenters. The van der Waals surface area contributed by atoms with Gasteiger partial charge in [0.1, 0.15) is 11.4 Å². The minimum atomic E-state index is -2.20. The molecule has 314 valence electrons. The van der Waals surface area contributed by atoms with Gasteiger partial charge in [0.05, 0.1) is 50.8 Å². The summed E-state index contributed by atoms with van der Waals surface area (Å²) in [6, 6.07) is 39.3. The summed E-state index contributed by atoms with van der Waals surface area (Å²) in [6.07, 6.45) is 2.05. The molecule has 2 fully saturated rings. The Kier molecular flexibility index (Phi) is 14.7. The van der Waals surface area contributed by atoms with Crippen molar-refractivity contribution in [2.45, 2.75) is 126 Å². The molecule has 6 rings (SSSR count). The van der Waals surface area contributed by atoms with Gasteiger partial charge in [0.15, 0.2) is 14.1 Å². The van der Waals surface area contributed by atoms with Crippen molar-refractivity contribution in [3.8, 4) is 5.75 Å². The Balaban J connectivity index is 1.31. The van der Waals surface area contributed by atoms with Crippen LogP contribution in [0.4, 0.5) is 0 Å². The molecule has 2 aliphatic heterocycles. The Labute approximate surface area is 348 Å². The van der Waals surface area contributed by atoms with Gasteiger partial charge < -0.3 is 38.0 Å². The summed E-state index contributed by atoms with van der Waals surface area (Å²) in [6.45, 7) is 14.2. The van der Waals surface area contributed by atoms with Crippen molar-refractivity contribution in [3.63, 3.8) is 0 Å². The van der Waals surface area contributed by atoms with E-state index in [1.165, 1.54) is 0 Å². The Morgan fingerprint density at radius 3 is 1.76 bits per heavy atom. The molecule has 0 aliphatic carbocycles. The van der Waals surface area contributed by atoms with Gasteiger partial charge in [0.25, 0.3) is 0 Å². The minimum Gasteiger partial charge on any atom is -0.497 e. The zero-order valence-electron chi connectivity index (χ0n) is 35.9. The lowest BCUT2D eigenvalue weighted by atomic mass is 9.80. The summed E-state index contributed by atoms with van der Waals surface area (Å²) in [5, 5.41) is 10.4. The van der Waals surface area contributed by atoms with E-state index in [1.807, 2.05) is 49.4 Å². The molecule has 0 amide bonds. The first-order valence-electron chi connectivity index (χ1n) is 21.0. The number of benzene rings is 4. The fourth-order valence-electron chi connectivity index (χ4n) is 8.32. The largest absolute Gasteiger partial charge is 0.497 e. The molecule has 2 saturated heterocycles. The highest BCUT2D eigenvalue weighted by molar-refractivity contribution is 6.74. The number of hydrogen-bond acceptors (Lipinski definition) is 8. The molecule has 4 aromatic carbocycles. The Hall–Kier alpha value is -3.38. The molecular formula is C49H66O8Si. The molecule has 1 N–H and O–H groups in total. The van der Waals surface area contributed by atoms with Gasteiger partial charge in [-0.05, 0) is 52.5 Å². The molecule has 0 bridgehead atoms. The van der Waals surface area contributed by atoms with Gasteiger partial charge in [-0.2, -0.15) is 0 Å². The van der Waals surface area contributed by atoms with Crippen LogP contribution in [0.5, 0.6) is 5.75 Å². The number of hydrogen-bond donors (Lipinski definition) is 1. The molecule has 1 spiro atoms. The predicted molar refractivity (Wildman–Crippen MR) is 231 cm³/mol. The predicted octanol–water partition coefficient (Wildman–Crippen LogP) is 10.1. The molecule has 2 heterocycles. The van der Waals surface area contributed by atoms with Gasteiger partial charge in [0.2, 0.25) is 0 Å². The fraction of sp³-hybridized carbons (Fsp3) is 0.510. The molecule has 0 unspecified atom stereocenters. The van der Waals surface area contributed by atoms with Crippen molar-refractivity contribution in [1.82, 2.24) is 0 Å². The van der Waals surface area contributed by atoms with Crippen molar-refractivity contribution < 1.29 is 38.0 Å². The Morgan fingerprint density at radius 1 is 0.741 bits per heavy atom. The van der Waals surface area contributed by atoms with E-state index in [9.17, 15) is 5.11 Å². The second-order valence-corrected chi connectivity index (χ2v) is 22.6. The van der Waals surface area contributed by atoms with Gasteiger partial charge in [-0.1, -0.05) is 131 Å². The maximum atomic E-state index is 10.3. The van der Waals surface area contributed by atoms with Gasteiger partial charge in [0, 0.05) is 51.7 Å². The fourth-order valence-corrected chi connectivity index (χ4v) is 9.68. The molecule has 8 nitrogen and oxygen atoms in total. The lowest BCUT2D eigenvalue weighted by Gasteiger charge is -2.52. The number of rotatable bonds is 17. The minimum absolute atomic E-state index is 0.00316. The maximum absolute atomic E-state index is 10.3. The van der Waals surface area contributed by atoms with Crippen LogP contribution in [0.2, 0.25) is 18.1 Å². The number of methoxy groups -OCH3 is 2. The molecule has 0 aromatic heterocycles. The summed E-state index contributed by atoms with van der Waals surface area (Å²) in [5.74, 6) is -0.278. The first kappa shape index (κ1) is 44.2. The summed E-state index contributed by atoms with van der Waals surface area (Å²) in [7, 11) is 1.24. The van der Waals surface area contributed by atoms with E-state index in [0.717, 1.165) is 28.0 Å². The smallest absolute Gasteiger partial charge is 0.192 e. The molecule has 2 aliphatic rings. The first-order valence-corrected chi connectivity index (χ1v) is 23.9. The summed E-state index contributed by atoms with van der Waals surface area (Å²) in [4.78, 5) is 0. The van der Waals surface area contributed by atoms with Crippen molar-refractivity contribution >= 4 is 8.32 Å².